The molecule has 2 heterocycles. The van der Waals surface area contributed by atoms with Crippen LogP contribution in [0, 0.1) is 6.92 Å². The first kappa shape index (κ1) is 18.4. The summed E-state index contributed by atoms with van der Waals surface area (Å²) in [4.78, 5) is 25.6. The van der Waals surface area contributed by atoms with Crippen LogP contribution >= 0.6 is 0 Å². The number of hydrogen-bond acceptors (Lipinski definition) is 5. The van der Waals surface area contributed by atoms with E-state index in [0.717, 1.165) is 24.8 Å². The first-order valence-corrected chi connectivity index (χ1v) is 9.55. The van der Waals surface area contributed by atoms with E-state index in [0.29, 0.717) is 23.3 Å². The second-order valence-electron chi connectivity index (χ2n) is 7.02. The van der Waals surface area contributed by atoms with Gasteiger partial charge in [-0.1, -0.05) is 36.4 Å². The molecular weight excluding hydrogens is 356 g/mol. The number of ether oxygens (including phenoxy) is 2. The molecule has 0 amide bonds. The van der Waals surface area contributed by atoms with Crippen LogP contribution in [0.3, 0.4) is 0 Å². The summed E-state index contributed by atoms with van der Waals surface area (Å²) in [7, 11) is 0. The molecule has 4 rings (SSSR count). The van der Waals surface area contributed by atoms with Crippen LogP contribution in [-0.2, 0) is 9.47 Å². The fourth-order valence-corrected chi connectivity index (χ4v) is 3.52. The van der Waals surface area contributed by atoms with E-state index < -0.39 is 5.97 Å². The highest BCUT2D eigenvalue weighted by molar-refractivity contribution is 6.02. The van der Waals surface area contributed by atoms with Gasteiger partial charge in [-0.05, 0) is 38.3 Å². The number of benzene rings is 2. The number of carbonyl (C=O) groups is 1. The van der Waals surface area contributed by atoms with E-state index in [1.165, 1.54) is 0 Å². The van der Waals surface area contributed by atoms with Gasteiger partial charge < -0.3 is 13.9 Å². The van der Waals surface area contributed by atoms with Gasteiger partial charge in [0.25, 0.3) is 0 Å². The summed E-state index contributed by atoms with van der Waals surface area (Å²) in [5, 5.41) is 0.376. The van der Waals surface area contributed by atoms with Crippen LogP contribution in [0.2, 0.25) is 0 Å². The van der Waals surface area contributed by atoms with E-state index in [-0.39, 0.29) is 29.3 Å². The van der Waals surface area contributed by atoms with Gasteiger partial charge in [0, 0.05) is 17.7 Å². The van der Waals surface area contributed by atoms with Gasteiger partial charge in [-0.2, -0.15) is 0 Å². The summed E-state index contributed by atoms with van der Waals surface area (Å²) < 4.78 is 17.1. The Bertz CT molecular complexity index is 1050. The normalized spacial score (nSPS) is 16.8. The minimum Gasteiger partial charge on any atom is -0.459 e. The van der Waals surface area contributed by atoms with Gasteiger partial charge in [0.1, 0.15) is 17.9 Å². The Kier molecular flexibility index (Phi) is 5.26. The molecule has 0 aliphatic carbocycles. The highest BCUT2D eigenvalue weighted by Gasteiger charge is 2.21. The first-order chi connectivity index (χ1) is 13.6. The Labute approximate surface area is 162 Å². The molecule has 0 saturated carbocycles. The number of rotatable bonds is 4. The van der Waals surface area contributed by atoms with Crippen LogP contribution < -0.4 is 5.43 Å². The van der Waals surface area contributed by atoms with Crippen molar-refractivity contribution in [1.29, 1.82) is 0 Å². The zero-order valence-electron chi connectivity index (χ0n) is 15.8. The van der Waals surface area contributed by atoms with Gasteiger partial charge in [-0.25, -0.2) is 4.79 Å². The Hall–Kier alpha value is -2.92. The van der Waals surface area contributed by atoms with Crippen LogP contribution in [0.1, 0.15) is 35.2 Å². The van der Waals surface area contributed by atoms with Gasteiger partial charge in [-0.15, -0.1) is 0 Å². The lowest BCUT2D eigenvalue weighted by atomic mass is 10.0. The van der Waals surface area contributed by atoms with Crippen LogP contribution in [0.4, 0.5) is 0 Å². The highest BCUT2D eigenvalue weighted by Crippen LogP contribution is 2.27. The van der Waals surface area contributed by atoms with E-state index in [9.17, 15) is 9.59 Å². The molecule has 0 unspecified atom stereocenters. The molecular formula is C23H22O5. The van der Waals surface area contributed by atoms with Crippen LogP contribution in [-0.4, -0.2) is 25.3 Å². The molecule has 28 heavy (non-hydrogen) atoms. The lowest BCUT2D eigenvalue weighted by Crippen LogP contribution is -2.26. The van der Waals surface area contributed by atoms with Crippen molar-refractivity contribution in [1.82, 2.24) is 0 Å². The second kappa shape index (κ2) is 7.98. The van der Waals surface area contributed by atoms with Gasteiger partial charge in [0.15, 0.2) is 11.0 Å². The van der Waals surface area contributed by atoms with Crippen LogP contribution in [0.25, 0.3) is 22.3 Å². The summed E-state index contributed by atoms with van der Waals surface area (Å²) in [6, 6.07) is 14.4. The predicted octanol–water partition coefficient (Wildman–Crippen LogP) is 4.49. The third-order valence-corrected chi connectivity index (χ3v) is 5.08. The molecule has 1 saturated heterocycles. The van der Waals surface area contributed by atoms with Gasteiger partial charge in [0.2, 0.25) is 0 Å². The van der Waals surface area contributed by atoms with Crippen LogP contribution in [0.15, 0.2) is 57.7 Å². The smallest absolute Gasteiger partial charge is 0.342 e. The van der Waals surface area contributed by atoms with Crippen molar-refractivity contribution in [2.24, 2.45) is 0 Å². The average Bonchev–Trinajstić information content (AvgIpc) is 2.75. The average molecular weight is 378 g/mol. The van der Waals surface area contributed by atoms with Crippen molar-refractivity contribution in [3.05, 3.63) is 69.9 Å². The Balaban J connectivity index is 1.71. The monoisotopic (exact) mass is 378 g/mol. The molecule has 1 aromatic heterocycles. The number of esters is 1. The molecule has 3 aromatic rings. The molecule has 5 nitrogen and oxygen atoms in total. The Morgan fingerprint density at radius 2 is 1.93 bits per heavy atom. The largest absolute Gasteiger partial charge is 0.459 e. The molecule has 1 aliphatic rings. The van der Waals surface area contributed by atoms with Crippen molar-refractivity contribution in [2.45, 2.75) is 32.3 Å². The SMILES string of the molecule is Cc1c(-c2ccccc2)oc2c(C(=O)OC[C@@H]3CCCCO3)cccc2c1=O. The molecule has 1 fully saturated rings. The highest BCUT2D eigenvalue weighted by atomic mass is 16.6. The summed E-state index contributed by atoms with van der Waals surface area (Å²) in [6.45, 7) is 2.64. The van der Waals surface area contributed by atoms with Crippen molar-refractivity contribution in [2.75, 3.05) is 13.2 Å². The molecule has 144 valence electrons. The number of hydrogen-bond donors (Lipinski definition) is 0. The van der Waals surface area contributed by atoms with Crippen molar-refractivity contribution in [3.63, 3.8) is 0 Å². The zero-order valence-corrected chi connectivity index (χ0v) is 15.8. The minimum absolute atomic E-state index is 0.0678. The van der Waals surface area contributed by atoms with Crippen molar-refractivity contribution >= 4 is 16.9 Å². The molecule has 0 bridgehead atoms. The summed E-state index contributed by atoms with van der Waals surface area (Å²) in [6.07, 6.45) is 2.93. The molecule has 0 spiro atoms. The first-order valence-electron chi connectivity index (χ1n) is 9.55. The van der Waals surface area contributed by atoms with Gasteiger partial charge in [-0.3, -0.25) is 4.79 Å². The Morgan fingerprint density at radius 3 is 2.68 bits per heavy atom. The van der Waals surface area contributed by atoms with Crippen molar-refractivity contribution < 1.29 is 18.7 Å². The van der Waals surface area contributed by atoms with E-state index >= 15 is 0 Å². The van der Waals surface area contributed by atoms with Gasteiger partial charge >= 0.3 is 5.97 Å². The Morgan fingerprint density at radius 1 is 1.11 bits per heavy atom. The number of para-hydroxylation sites is 1. The lowest BCUT2D eigenvalue weighted by molar-refractivity contribution is -0.0300. The summed E-state index contributed by atoms with van der Waals surface area (Å²) >= 11 is 0. The summed E-state index contributed by atoms with van der Waals surface area (Å²) in [5.41, 5.74) is 1.66. The van der Waals surface area contributed by atoms with E-state index in [4.69, 9.17) is 13.9 Å². The van der Waals surface area contributed by atoms with E-state index in [2.05, 4.69) is 0 Å². The maximum absolute atomic E-state index is 12.9. The minimum atomic E-state index is -0.509. The van der Waals surface area contributed by atoms with Gasteiger partial charge in [0.05, 0.1) is 11.5 Å². The zero-order chi connectivity index (χ0) is 19.5. The molecule has 0 radical (unpaired) electrons. The molecule has 5 heteroatoms. The fourth-order valence-electron chi connectivity index (χ4n) is 3.52. The third-order valence-electron chi connectivity index (χ3n) is 5.08. The molecule has 1 atom stereocenters. The van der Waals surface area contributed by atoms with Crippen molar-refractivity contribution in [3.8, 4) is 11.3 Å². The maximum Gasteiger partial charge on any atom is 0.342 e. The summed E-state index contributed by atoms with van der Waals surface area (Å²) in [5.74, 6) is -0.0419. The third kappa shape index (κ3) is 3.58. The maximum atomic E-state index is 12.9. The fraction of sp³-hybridized carbons (Fsp3) is 0.304. The molecule has 2 aromatic carbocycles. The number of fused-ring (bicyclic) bond motifs is 1. The van der Waals surface area contributed by atoms with Crippen LogP contribution in [0.5, 0.6) is 0 Å². The standard InChI is InChI=1S/C23H22O5/c1-15-20(24)18-11-7-12-19(23(25)27-14-17-10-5-6-13-26-17)22(18)28-21(15)16-8-3-2-4-9-16/h2-4,7-9,11-12,17H,5-6,10,13-14H2,1H3/t17-/m0/s1. The lowest BCUT2D eigenvalue weighted by Gasteiger charge is -2.22. The predicted molar refractivity (Wildman–Crippen MR) is 107 cm³/mol. The molecule has 1 aliphatic heterocycles. The molecule has 0 N–H and O–H groups in total. The van der Waals surface area contributed by atoms with E-state index in [1.54, 1.807) is 25.1 Å². The second-order valence-corrected chi connectivity index (χ2v) is 7.02. The number of carbonyl (C=O) groups excluding carboxylic acids is 1. The topological polar surface area (TPSA) is 65.7 Å². The van der Waals surface area contributed by atoms with E-state index in [1.807, 2.05) is 30.3 Å². The quantitative estimate of drug-likeness (QED) is 0.626.